The number of carboxylic acid groups (broad SMARTS) is 1. The van der Waals surface area contributed by atoms with E-state index >= 15 is 0 Å². The van der Waals surface area contributed by atoms with Crippen LogP contribution in [-0.2, 0) is 64.2 Å². The normalized spacial score (nSPS) is 20.0. The van der Waals surface area contributed by atoms with Crippen LogP contribution in [0, 0.1) is 35.5 Å². The summed E-state index contributed by atoms with van der Waals surface area (Å²) in [6.45, 7) is 9.62. The van der Waals surface area contributed by atoms with Crippen LogP contribution in [-0.4, -0.2) is 98.4 Å². The number of aromatic nitrogens is 2. The van der Waals surface area contributed by atoms with E-state index in [4.69, 9.17) is 24.7 Å². The number of hydrogen-bond acceptors (Lipinski definition) is 14. The number of aliphatic carboxylic acids is 1. The van der Waals surface area contributed by atoms with Crippen LogP contribution in [0.15, 0.2) is 85.2 Å². The van der Waals surface area contributed by atoms with Gasteiger partial charge in [-0.25, -0.2) is 24.4 Å². The molecule has 2 aromatic carbocycles. The van der Waals surface area contributed by atoms with Gasteiger partial charge in [0.15, 0.2) is 0 Å². The second kappa shape index (κ2) is 28.4. The number of carbonyl (C=O) groups excluding carboxylic acids is 6. The minimum atomic E-state index is -1.14. The summed E-state index contributed by atoms with van der Waals surface area (Å²) in [5.74, 6) is -1.69. The van der Waals surface area contributed by atoms with Crippen molar-refractivity contribution < 1.29 is 57.6 Å². The summed E-state index contributed by atoms with van der Waals surface area (Å²) in [6, 6.07) is 19.1. The molecule has 2 saturated heterocycles. The van der Waals surface area contributed by atoms with E-state index in [1.165, 1.54) is 36.8 Å². The highest BCUT2D eigenvalue weighted by Crippen LogP contribution is 2.38. The molecule has 3 N–H and O–H groups in total. The van der Waals surface area contributed by atoms with Gasteiger partial charge in [0.1, 0.15) is 47.4 Å². The lowest BCUT2D eigenvalue weighted by molar-refractivity contribution is -0.180. The summed E-state index contributed by atoms with van der Waals surface area (Å²) in [4.78, 5) is 104. The van der Waals surface area contributed by atoms with Crippen molar-refractivity contribution in [2.75, 3.05) is 24.9 Å². The molecule has 4 aliphatic rings. The molecule has 0 bridgehead atoms. The fraction of sp³-hybridized carbons (Fsp3) is 0.525. The summed E-state index contributed by atoms with van der Waals surface area (Å²) in [6.07, 6.45) is 14.8. The lowest BCUT2D eigenvalue weighted by atomic mass is 9.78. The molecule has 6 atom stereocenters. The number of pyridine rings is 2. The minimum Gasteiger partial charge on any atom is -0.497 e. The average molecular weight is 1120 g/mol. The monoisotopic (exact) mass is 1120 g/mol. The van der Waals surface area contributed by atoms with E-state index in [2.05, 4.69) is 16.9 Å². The number of benzene rings is 2. The van der Waals surface area contributed by atoms with E-state index in [0.717, 1.165) is 65.0 Å². The molecule has 8 rings (SSSR count). The summed E-state index contributed by atoms with van der Waals surface area (Å²) in [7, 11) is 3.16. The molecule has 4 fully saturated rings. The van der Waals surface area contributed by atoms with Crippen LogP contribution in [0.5, 0.6) is 11.5 Å². The van der Waals surface area contributed by atoms with Crippen LogP contribution in [0.3, 0.4) is 0 Å². The molecule has 432 valence electrons. The predicted molar refractivity (Wildman–Crippen MR) is 302 cm³/mol. The smallest absolute Gasteiger partial charge is 0.416 e. The topological polar surface area (TPSA) is 238 Å². The maximum Gasteiger partial charge on any atom is 0.416 e. The Balaban J connectivity index is 0.000000309. The van der Waals surface area contributed by atoms with Crippen molar-refractivity contribution in [1.82, 2.24) is 19.8 Å². The Morgan fingerprint density at radius 3 is 1.60 bits per heavy atom. The number of carbonyl (C=O) groups is 7. The van der Waals surface area contributed by atoms with Gasteiger partial charge in [-0.2, -0.15) is 0 Å². The number of esters is 1. The molecule has 2 unspecified atom stereocenters. The minimum absolute atomic E-state index is 0. The second-order valence-electron chi connectivity index (χ2n) is 22.7. The van der Waals surface area contributed by atoms with Crippen molar-refractivity contribution in [2.24, 2.45) is 35.5 Å². The number of rotatable bonds is 19. The summed E-state index contributed by atoms with van der Waals surface area (Å²) < 4.78 is 22.0. The van der Waals surface area contributed by atoms with Gasteiger partial charge in [0, 0.05) is 25.2 Å². The maximum absolute atomic E-state index is 13.8. The zero-order valence-electron chi connectivity index (χ0n) is 47.2. The highest BCUT2D eigenvalue weighted by Gasteiger charge is 2.56. The quantitative estimate of drug-likeness (QED) is 0.0656. The van der Waals surface area contributed by atoms with Crippen LogP contribution in [0.2, 0.25) is 0 Å². The number of methoxy groups -OCH3 is 2. The summed E-state index contributed by atoms with van der Waals surface area (Å²) in [5.41, 5.74) is 7.88. The zero-order chi connectivity index (χ0) is 57.0. The third-order valence-electron chi connectivity index (χ3n) is 15.9. The highest BCUT2D eigenvalue weighted by atomic mass is 35.5. The molecule has 18 nitrogen and oxygen atoms in total. The first-order chi connectivity index (χ1) is 37.7. The third-order valence-corrected chi connectivity index (χ3v) is 15.9. The molecule has 5 amide bonds. The number of nitrogen functional groups attached to an aromatic ring is 1. The number of ether oxygens (including phenoxy) is 4. The standard InChI is InChI=1S/C41H51N3O8.C20H27N3O4.ClH/c1-27(31-10-8-7-9-11-31)22-36(45)44-37(39(47)51-26-29-14-18-33(50-6)19-15-29)34(38(44)46)23-30-20-21-42-35(24-30)43(40(48)52-41(2,3)4)25-28-12-16-32(49-5)17-13-28;1-12(14-5-3-2-4-6-14)9-17(24)23-18(20(26)27)15(19(23)25)10-13-7-8-22-16(21)11-13;/h12-21,24,27,31,34,37H,7-11,22-23,25-26H2,1-6H3;7-8,11-12,14-15,18H,2-6,9-10H2,1H3,(H2,21,22)(H,26,27);1H/t27-,34?,37-;12-,15?,18-;/m00./s1. The Bertz CT molecular complexity index is 2780. The van der Waals surface area contributed by atoms with E-state index < -0.39 is 59.4 Å². The van der Waals surface area contributed by atoms with Gasteiger partial charge < -0.3 is 29.8 Å². The van der Waals surface area contributed by atoms with Gasteiger partial charge >= 0.3 is 18.0 Å². The molecule has 19 heteroatoms. The van der Waals surface area contributed by atoms with Gasteiger partial charge in [-0.15, -0.1) is 12.4 Å². The van der Waals surface area contributed by atoms with Gasteiger partial charge in [0.05, 0.1) is 32.6 Å². The molecule has 0 radical (unpaired) electrons. The Morgan fingerprint density at radius 1 is 0.662 bits per heavy atom. The van der Waals surface area contributed by atoms with Crippen LogP contribution in [0.25, 0.3) is 0 Å². The first-order valence-electron chi connectivity index (χ1n) is 27.8. The molecule has 4 aromatic rings. The lowest BCUT2D eigenvalue weighted by Crippen LogP contribution is -2.67. The molecule has 2 saturated carbocycles. The van der Waals surface area contributed by atoms with Gasteiger partial charge in [-0.3, -0.25) is 33.9 Å². The van der Waals surface area contributed by atoms with Crippen molar-refractivity contribution in [1.29, 1.82) is 0 Å². The van der Waals surface area contributed by atoms with Gasteiger partial charge in [-0.05, 0) is 128 Å². The maximum atomic E-state index is 13.8. The van der Waals surface area contributed by atoms with Crippen molar-refractivity contribution in [3.63, 3.8) is 0 Å². The number of likely N-dealkylation sites (tertiary alicyclic amines) is 2. The van der Waals surface area contributed by atoms with Crippen molar-refractivity contribution in [3.05, 3.63) is 107 Å². The predicted octanol–water partition coefficient (Wildman–Crippen LogP) is 9.96. The lowest BCUT2D eigenvalue weighted by Gasteiger charge is -2.44. The number of β-lactam (4-membered cyclic amide) rings is 2. The molecule has 2 aliphatic heterocycles. The van der Waals surface area contributed by atoms with E-state index in [1.807, 2.05) is 31.2 Å². The Kier molecular flexibility index (Phi) is 22.0. The molecular formula is C61H79ClN6O12. The first-order valence-corrected chi connectivity index (χ1v) is 27.8. The number of nitrogens with two attached hydrogens (primary N) is 1. The molecule has 2 aliphatic carbocycles. The van der Waals surface area contributed by atoms with Crippen molar-refractivity contribution in [2.45, 2.75) is 155 Å². The van der Waals surface area contributed by atoms with Crippen molar-refractivity contribution in [3.8, 4) is 11.5 Å². The summed E-state index contributed by atoms with van der Waals surface area (Å²) >= 11 is 0. The van der Waals surface area contributed by atoms with Crippen LogP contribution >= 0.6 is 12.4 Å². The number of amides is 5. The Morgan fingerprint density at radius 2 is 1.12 bits per heavy atom. The number of nitrogens with zero attached hydrogens (tertiary/aromatic N) is 5. The number of imide groups is 2. The number of anilines is 2. The van der Waals surface area contributed by atoms with Crippen molar-refractivity contribution >= 4 is 65.7 Å². The Hall–Kier alpha value is -7.08. The van der Waals surface area contributed by atoms with Crippen LogP contribution in [0.4, 0.5) is 16.4 Å². The van der Waals surface area contributed by atoms with Gasteiger partial charge in [0.2, 0.25) is 23.6 Å². The van der Waals surface area contributed by atoms with E-state index in [9.17, 15) is 38.7 Å². The fourth-order valence-electron chi connectivity index (χ4n) is 11.4. The Labute approximate surface area is 475 Å². The largest absolute Gasteiger partial charge is 0.497 e. The van der Waals surface area contributed by atoms with Gasteiger partial charge in [-0.1, -0.05) is 102 Å². The molecular weight excluding hydrogens is 1040 g/mol. The molecule has 80 heavy (non-hydrogen) atoms. The van der Waals surface area contributed by atoms with E-state index in [0.29, 0.717) is 40.5 Å². The van der Waals surface area contributed by atoms with Crippen LogP contribution < -0.4 is 20.1 Å². The number of carboxylic acids is 1. The summed E-state index contributed by atoms with van der Waals surface area (Å²) in [5, 5.41) is 9.57. The van der Waals surface area contributed by atoms with Gasteiger partial charge in [0.25, 0.3) is 0 Å². The molecule has 2 aromatic heterocycles. The first kappa shape index (κ1) is 62.1. The second-order valence-corrected chi connectivity index (χ2v) is 22.7. The van der Waals surface area contributed by atoms with E-state index in [-0.39, 0.29) is 74.9 Å². The van der Waals surface area contributed by atoms with Crippen LogP contribution in [0.1, 0.15) is 134 Å². The molecule has 0 spiro atoms. The zero-order valence-corrected chi connectivity index (χ0v) is 48.0. The number of halogens is 1. The number of hydrogen-bond donors (Lipinski definition) is 2. The SMILES string of the molecule is COc1ccc(COC(=O)[C@@H]2C(Cc3ccnc(N(Cc4ccc(OC)cc4)C(=O)OC(C)(C)C)c3)C(=O)N2C(=O)C[C@H](C)C2CCCCC2)cc1.C[C@@H](CC(=O)N1C(=O)C(Cc2ccnc(N)c2)[C@H]1C(=O)O)C1CCCCC1.Cl. The highest BCUT2D eigenvalue weighted by molar-refractivity contribution is 6.09. The molecule has 4 heterocycles. The van der Waals surface area contributed by atoms with E-state index in [1.54, 1.807) is 89.7 Å². The average Bonchev–Trinajstić information content (AvgIpc) is 3.64. The fourth-order valence-corrected chi connectivity index (χ4v) is 11.4. The third kappa shape index (κ3) is 16.1.